The first-order valence-corrected chi connectivity index (χ1v) is 9.15. The SMILES string of the molecule is CNCC[C@@H](C)C[C@H](C)[C@H](C)C(=O)N1C(=O)OC[C@@H]1c1ccccc1. The minimum atomic E-state index is -0.527. The summed E-state index contributed by atoms with van der Waals surface area (Å²) >= 11 is 0. The average Bonchev–Trinajstić information content (AvgIpc) is 3.00. The quantitative estimate of drug-likeness (QED) is 0.781. The van der Waals surface area contributed by atoms with Gasteiger partial charge in [-0.25, -0.2) is 9.69 Å². The molecule has 25 heavy (non-hydrogen) atoms. The van der Waals surface area contributed by atoms with Crippen LogP contribution in [0, 0.1) is 17.8 Å². The molecule has 0 spiro atoms. The van der Waals surface area contributed by atoms with Crippen LogP contribution >= 0.6 is 0 Å². The number of hydrogen-bond donors (Lipinski definition) is 1. The maximum Gasteiger partial charge on any atom is 0.417 e. The van der Waals surface area contributed by atoms with Gasteiger partial charge in [-0.15, -0.1) is 0 Å². The van der Waals surface area contributed by atoms with E-state index in [9.17, 15) is 9.59 Å². The Morgan fingerprint density at radius 2 is 1.96 bits per heavy atom. The molecule has 2 amide bonds. The van der Waals surface area contributed by atoms with Gasteiger partial charge in [0.25, 0.3) is 0 Å². The molecule has 1 aromatic carbocycles. The van der Waals surface area contributed by atoms with E-state index in [1.807, 2.05) is 44.3 Å². The van der Waals surface area contributed by atoms with E-state index in [1.165, 1.54) is 4.90 Å². The van der Waals surface area contributed by atoms with Crippen LogP contribution in [-0.4, -0.2) is 37.1 Å². The van der Waals surface area contributed by atoms with Crippen LogP contribution in [0.4, 0.5) is 4.79 Å². The Labute approximate surface area is 150 Å². The third-order valence-corrected chi connectivity index (χ3v) is 5.20. The molecule has 0 aliphatic carbocycles. The second-order valence-corrected chi connectivity index (χ2v) is 7.21. The van der Waals surface area contributed by atoms with Crippen molar-refractivity contribution in [2.24, 2.45) is 17.8 Å². The van der Waals surface area contributed by atoms with Crippen molar-refractivity contribution in [3.63, 3.8) is 0 Å². The summed E-state index contributed by atoms with van der Waals surface area (Å²) in [5, 5.41) is 3.16. The van der Waals surface area contributed by atoms with Crippen molar-refractivity contribution in [3.05, 3.63) is 35.9 Å². The molecule has 4 atom stereocenters. The molecule has 0 aromatic heterocycles. The van der Waals surface area contributed by atoms with Gasteiger partial charge < -0.3 is 10.1 Å². The van der Waals surface area contributed by atoms with Gasteiger partial charge in [0.15, 0.2) is 0 Å². The van der Waals surface area contributed by atoms with Gasteiger partial charge in [0.1, 0.15) is 12.6 Å². The topological polar surface area (TPSA) is 58.6 Å². The van der Waals surface area contributed by atoms with Gasteiger partial charge in [-0.05, 0) is 43.8 Å². The highest BCUT2D eigenvalue weighted by atomic mass is 16.6. The van der Waals surface area contributed by atoms with E-state index in [1.54, 1.807) is 0 Å². The van der Waals surface area contributed by atoms with E-state index in [2.05, 4.69) is 19.2 Å². The Hall–Kier alpha value is -1.88. The Morgan fingerprint density at radius 3 is 2.60 bits per heavy atom. The van der Waals surface area contributed by atoms with Gasteiger partial charge in [0, 0.05) is 5.92 Å². The number of amides is 2. The summed E-state index contributed by atoms with van der Waals surface area (Å²) in [6.45, 7) is 7.43. The highest BCUT2D eigenvalue weighted by molar-refractivity contribution is 5.94. The zero-order valence-electron chi connectivity index (χ0n) is 15.7. The smallest absolute Gasteiger partial charge is 0.417 e. The molecule has 1 fully saturated rings. The zero-order chi connectivity index (χ0) is 18.4. The second kappa shape index (κ2) is 8.99. The molecule has 0 saturated carbocycles. The van der Waals surface area contributed by atoms with Crippen LogP contribution in [0.15, 0.2) is 30.3 Å². The van der Waals surface area contributed by atoms with E-state index in [0.29, 0.717) is 5.92 Å². The molecule has 0 radical (unpaired) electrons. The van der Waals surface area contributed by atoms with E-state index < -0.39 is 6.09 Å². The number of benzene rings is 1. The number of nitrogens with zero attached hydrogens (tertiary/aromatic N) is 1. The van der Waals surface area contributed by atoms with E-state index in [4.69, 9.17) is 4.74 Å². The molecule has 138 valence electrons. The van der Waals surface area contributed by atoms with Crippen LogP contribution in [0.1, 0.15) is 45.2 Å². The summed E-state index contributed by atoms with van der Waals surface area (Å²) in [6, 6.07) is 9.29. The van der Waals surface area contributed by atoms with Crippen LogP contribution in [0.25, 0.3) is 0 Å². The highest BCUT2D eigenvalue weighted by Gasteiger charge is 2.41. The van der Waals surface area contributed by atoms with Gasteiger partial charge in [-0.1, -0.05) is 51.1 Å². The number of imide groups is 1. The highest BCUT2D eigenvalue weighted by Crippen LogP contribution is 2.32. The summed E-state index contributed by atoms with van der Waals surface area (Å²) < 4.78 is 5.18. The first kappa shape index (κ1) is 19.4. The third-order valence-electron chi connectivity index (χ3n) is 5.20. The summed E-state index contributed by atoms with van der Waals surface area (Å²) in [5.74, 6) is 0.399. The number of carbonyl (C=O) groups is 2. The molecule has 1 saturated heterocycles. The molecular weight excluding hydrogens is 316 g/mol. The normalized spacial score (nSPS) is 20.9. The Morgan fingerprint density at radius 1 is 1.28 bits per heavy atom. The van der Waals surface area contributed by atoms with Crippen LogP contribution in [0.3, 0.4) is 0 Å². The average molecular weight is 346 g/mol. The van der Waals surface area contributed by atoms with Crippen molar-refractivity contribution < 1.29 is 14.3 Å². The first-order chi connectivity index (χ1) is 12.0. The Bertz CT molecular complexity index is 576. The molecule has 5 nitrogen and oxygen atoms in total. The fourth-order valence-electron chi connectivity index (χ4n) is 3.40. The standard InChI is InChI=1S/C20H30N2O3/c1-14(10-11-21-4)12-15(2)16(3)19(23)22-18(13-25-20(22)24)17-8-6-5-7-9-17/h5-9,14-16,18,21H,10-13H2,1-4H3/t14-,15+,16+,18-/m1/s1. The summed E-state index contributed by atoms with van der Waals surface area (Å²) in [5.41, 5.74) is 0.934. The summed E-state index contributed by atoms with van der Waals surface area (Å²) in [7, 11) is 1.95. The number of cyclic esters (lactones) is 1. The number of hydrogen-bond acceptors (Lipinski definition) is 4. The molecule has 1 aliphatic heterocycles. The Balaban J connectivity index is 2.04. The maximum atomic E-state index is 13.0. The van der Waals surface area contributed by atoms with E-state index in [-0.39, 0.29) is 30.4 Å². The van der Waals surface area contributed by atoms with Crippen molar-refractivity contribution in [3.8, 4) is 0 Å². The van der Waals surface area contributed by atoms with Crippen molar-refractivity contribution in [1.29, 1.82) is 0 Å². The summed E-state index contributed by atoms with van der Waals surface area (Å²) in [4.78, 5) is 26.5. The van der Waals surface area contributed by atoms with Crippen molar-refractivity contribution in [2.45, 2.75) is 39.7 Å². The third kappa shape index (κ3) is 4.82. The predicted molar refractivity (Wildman–Crippen MR) is 98.0 cm³/mol. The first-order valence-electron chi connectivity index (χ1n) is 9.15. The molecule has 1 aliphatic rings. The van der Waals surface area contributed by atoms with Crippen LogP contribution in [0.5, 0.6) is 0 Å². The van der Waals surface area contributed by atoms with E-state index in [0.717, 1.165) is 24.9 Å². The fraction of sp³-hybridized carbons (Fsp3) is 0.600. The van der Waals surface area contributed by atoms with Gasteiger partial charge >= 0.3 is 6.09 Å². The second-order valence-electron chi connectivity index (χ2n) is 7.21. The number of carbonyl (C=O) groups excluding carboxylic acids is 2. The number of nitrogens with one attached hydrogen (secondary N) is 1. The maximum absolute atomic E-state index is 13.0. The van der Waals surface area contributed by atoms with Crippen LogP contribution in [0.2, 0.25) is 0 Å². The van der Waals surface area contributed by atoms with Crippen molar-refractivity contribution in [2.75, 3.05) is 20.2 Å². The number of ether oxygens (including phenoxy) is 1. The van der Waals surface area contributed by atoms with Gasteiger partial charge in [0.05, 0.1) is 0 Å². The fourth-order valence-corrected chi connectivity index (χ4v) is 3.40. The van der Waals surface area contributed by atoms with Crippen LogP contribution in [-0.2, 0) is 9.53 Å². The van der Waals surface area contributed by atoms with Crippen LogP contribution < -0.4 is 5.32 Å². The molecule has 2 rings (SSSR count). The largest absolute Gasteiger partial charge is 0.446 e. The van der Waals surface area contributed by atoms with Gasteiger partial charge in [-0.3, -0.25) is 4.79 Å². The lowest BCUT2D eigenvalue weighted by atomic mass is 9.85. The molecule has 0 bridgehead atoms. The van der Waals surface area contributed by atoms with Crippen molar-refractivity contribution in [1.82, 2.24) is 10.2 Å². The van der Waals surface area contributed by atoms with Gasteiger partial charge in [-0.2, -0.15) is 0 Å². The molecule has 1 heterocycles. The summed E-state index contributed by atoms with van der Waals surface area (Å²) in [6.07, 6.45) is 1.52. The van der Waals surface area contributed by atoms with E-state index >= 15 is 0 Å². The molecule has 5 heteroatoms. The lowest BCUT2D eigenvalue weighted by Crippen LogP contribution is -2.40. The minimum absolute atomic E-state index is 0.135. The van der Waals surface area contributed by atoms with Gasteiger partial charge in [0.2, 0.25) is 5.91 Å². The molecule has 1 aromatic rings. The molecule has 0 unspecified atom stereocenters. The minimum Gasteiger partial charge on any atom is -0.446 e. The lowest BCUT2D eigenvalue weighted by molar-refractivity contribution is -0.134. The monoisotopic (exact) mass is 346 g/mol. The molecule has 1 N–H and O–H groups in total. The number of rotatable bonds is 8. The predicted octanol–water partition coefficient (Wildman–Crippen LogP) is 3.61. The van der Waals surface area contributed by atoms with Crippen molar-refractivity contribution >= 4 is 12.0 Å². The zero-order valence-corrected chi connectivity index (χ0v) is 15.7. The Kier molecular flexibility index (Phi) is 7.00. The lowest BCUT2D eigenvalue weighted by Gasteiger charge is -2.27. The molecular formula is C20H30N2O3.